The maximum atomic E-state index is 13.9. The minimum Gasteiger partial charge on any atom is -0.481 e. The van der Waals surface area contributed by atoms with Gasteiger partial charge in [-0.2, -0.15) is 0 Å². The van der Waals surface area contributed by atoms with Gasteiger partial charge < -0.3 is 14.8 Å². The quantitative estimate of drug-likeness (QED) is 0.391. The summed E-state index contributed by atoms with van der Waals surface area (Å²) >= 11 is 0. The molecule has 4 aromatic rings. The predicted molar refractivity (Wildman–Crippen MR) is 126 cm³/mol. The van der Waals surface area contributed by atoms with Gasteiger partial charge >= 0.3 is 5.97 Å². The van der Waals surface area contributed by atoms with Crippen LogP contribution in [0.3, 0.4) is 0 Å². The maximum Gasteiger partial charge on any atom is 0.303 e. The number of aliphatic carboxylic acids is 1. The summed E-state index contributed by atoms with van der Waals surface area (Å²) in [4.78, 5) is 27.5. The van der Waals surface area contributed by atoms with E-state index in [2.05, 4.69) is 19.9 Å². The number of hydrogen-bond donors (Lipinski definition) is 2. The van der Waals surface area contributed by atoms with E-state index in [4.69, 9.17) is 9.84 Å². The molecule has 3 heterocycles. The number of carbonyl (C=O) groups is 1. The number of pyridine rings is 2. The Bertz CT molecular complexity index is 1330. The third-order valence-electron chi connectivity index (χ3n) is 6.36. The van der Waals surface area contributed by atoms with Gasteiger partial charge in [0.1, 0.15) is 17.4 Å². The highest BCUT2D eigenvalue weighted by atomic mass is 19.1. The van der Waals surface area contributed by atoms with E-state index in [9.17, 15) is 9.18 Å². The van der Waals surface area contributed by atoms with E-state index in [0.29, 0.717) is 22.7 Å². The molecule has 0 bridgehead atoms. The van der Waals surface area contributed by atoms with Crippen LogP contribution < -0.4 is 4.74 Å². The number of hydrogen-bond acceptors (Lipinski definition) is 5. The first kappa shape index (κ1) is 22.0. The molecule has 1 aromatic carbocycles. The van der Waals surface area contributed by atoms with Crippen LogP contribution in [0, 0.1) is 18.7 Å². The normalized spacial score (nSPS) is 18.2. The molecule has 7 nitrogen and oxygen atoms in total. The average Bonchev–Trinajstić information content (AvgIpc) is 3.27. The summed E-state index contributed by atoms with van der Waals surface area (Å²) in [5, 5.41) is 8.97. The molecule has 1 fully saturated rings. The third-order valence-corrected chi connectivity index (χ3v) is 6.36. The van der Waals surface area contributed by atoms with Gasteiger partial charge in [-0.25, -0.2) is 14.4 Å². The molecule has 174 valence electrons. The third kappa shape index (κ3) is 4.62. The summed E-state index contributed by atoms with van der Waals surface area (Å²) in [5.41, 5.74) is 4.28. The lowest BCUT2D eigenvalue weighted by Gasteiger charge is -2.28. The number of carboxylic acid groups (broad SMARTS) is 1. The van der Waals surface area contributed by atoms with Crippen LogP contribution >= 0.6 is 0 Å². The fourth-order valence-corrected chi connectivity index (χ4v) is 4.52. The van der Waals surface area contributed by atoms with Crippen LogP contribution in [0.2, 0.25) is 0 Å². The number of rotatable bonds is 6. The second-order valence-corrected chi connectivity index (χ2v) is 8.86. The zero-order valence-corrected chi connectivity index (χ0v) is 18.8. The van der Waals surface area contributed by atoms with Gasteiger partial charge in [0.05, 0.1) is 11.2 Å². The summed E-state index contributed by atoms with van der Waals surface area (Å²) in [6.45, 7) is 1.96. The Morgan fingerprint density at radius 3 is 2.59 bits per heavy atom. The SMILES string of the molecule is Cc1cc(-c2ccc(-c3nc4c(F)cccc4[nH]3)cn2)cnc1OC1CCC(CC(=O)O)CC1. The number of aryl methyl sites for hydroxylation is 1. The monoisotopic (exact) mass is 460 g/mol. The minimum atomic E-state index is -0.731. The number of H-pyrrole nitrogens is 1. The summed E-state index contributed by atoms with van der Waals surface area (Å²) in [5.74, 6) is 0.315. The number of aromatic amines is 1. The molecule has 0 amide bonds. The molecule has 5 rings (SSSR count). The molecule has 8 heteroatoms. The van der Waals surface area contributed by atoms with Crippen molar-refractivity contribution in [2.45, 2.75) is 45.1 Å². The Morgan fingerprint density at radius 2 is 1.91 bits per heavy atom. The van der Waals surface area contributed by atoms with Crippen molar-refractivity contribution in [1.82, 2.24) is 19.9 Å². The van der Waals surface area contributed by atoms with Crippen molar-refractivity contribution < 1.29 is 19.0 Å². The first-order valence-corrected chi connectivity index (χ1v) is 11.4. The van der Waals surface area contributed by atoms with E-state index >= 15 is 0 Å². The van der Waals surface area contributed by atoms with E-state index in [1.807, 2.05) is 25.1 Å². The molecule has 34 heavy (non-hydrogen) atoms. The van der Waals surface area contributed by atoms with Gasteiger partial charge in [-0.15, -0.1) is 0 Å². The topological polar surface area (TPSA) is 101 Å². The molecule has 1 saturated carbocycles. The van der Waals surface area contributed by atoms with Crippen LogP contribution in [0.25, 0.3) is 33.7 Å². The van der Waals surface area contributed by atoms with Crippen molar-refractivity contribution in [2.75, 3.05) is 0 Å². The summed E-state index contributed by atoms with van der Waals surface area (Å²) in [6, 6.07) is 10.6. The van der Waals surface area contributed by atoms with Crippen LogP contribution in [-0.2, 0) is 4.79 Å². The predicted octanol–water partition coefficient (Wildman–Crippen LogP) is 5.55. The summed E-state index contributed by atoms with van der Waals surface area (Å²) < 4.78 is 20.1. The summed E-state index contributed by atoms with van der Waals surface area (Å²) in [6.07, 6.45) is 7.16. The van der Waals surface area contributed by atoms with E-state index in [0.717, 1.165) is 48.1 Å². The Balaban J connectivity index is 1.27. The van der Waals surface area contributed by atoms with Gasteiger partial charge in [0.15, 0.2) is 5.82 Å². The largest absolute Gasteiger partial charge is 0.481 e. The van der Waals surface area contributed by atoms with Crippen molar-refractivity contribution in [1.29, 1.82) is 0 Å². The molecule has 2 N–H and O–H groups in total. The van der Waals surface area contributed by atoms with Crippen molar-refractivity contribution >= 4 is 17.0 Å². The number of carboxylic acids is 1. The van der Waals surface area contributed by atoms with Crippen LogP contribution in [0.15, 0.2) is 48.8 Å². The van der Waals surface area contributed by atoms with E-state index < -0.39 is 5.97 Å². The van der Waals surface area contributed by atoms with Crippen molar-refractivity contribution in [3.8, 4) is 28.5 Å². The number of nitrogens with zero attached hydrogens (tertiary/aromatic N) is 3. The number of benzene rings is 1. The highest BCUT2D eigenvalue weighted by molar-refractivity contribution is 5.80. The zero-order chi connectivity index (χ0) is 23.7. The Hall–Kier alpha value is -3.81. The Kier molecular flexibility index (Phi) is 5.96. The van der Waals surface area contributed by atoms with E-state index in [-0.39, 0.29) is 24.3 Å². The maximum absolute atomic E-state index is 13.9. The molecule has 0 spiro atoms. The van der Waals surface area contributed by atoms with Gasteiger partial charge in [0, 0.05) is 35.5 Å². The molecule has 0 saturated heterocycles. The second kappa shape index (κ2) is 9.21. The van der Waals surface area contributed by atoms with Gasteiger partial charge in [-0.1, -0.05) is 6.07 Å². The number of nitrogens with one attached hydrogen (secondary N) is 1. The zero-order valence-electron chi connectivity index (χ0n) is 18.8. The Labute approximate surface area is 196 Å². The van der Waals surface area contributed by atoms with E-state index in [1.54, 1.807) is 24.5 Å². The number of halogens is 1. The molecule has 0 radical (unpaired) electrons. The van der Waals surface area contributed by atoms with Gasteiger partial charge in [-0.05, 0) is 68.9 Å². The van der Waals surface area contributed by atoms with Crippen LogP contribution in [0.1, 0.15) is 37.7 Å². The molecule has 0 atom stereocenters. The van der Waals surface area contributed by atoms with E-state index in [1.165, 1.54) is 6.07 Å². The fourth-order valence-electron chi connectivity index (χ4n) is 4.52. The number of ether oxygens (including phenoxy) is 1. The molecular weight excluding hydrogens is 435 g/mol. The lowest BCUT2D eigenvalue weighted by atomic mass is 9.85. The molecule has 0 unspecified atom stereocenters. The highest BCUT2D eigenvalue weighted by Gasteiger charge is 2.24. The molecule has 1 aliphatic carbocycles. The highest BCUT2D eigenvalue weighted by Crippen LogP contribution is 2.31. The van der Waals surface area contributed by atoms with Crippen LogP contribution in [-0.4, -0.2) is 37.1 Å². The molecule has 3 aromatic heterocycles. The van der Waals surface area contributed by atoms with Gasteiger partial charge in [0.25, 0.3) is 0 Å². The van der Waals surface area contributed by atoms with Crippen molar-refractivity contribution in [3.63, 3.8) is 0 Å². The second-order valence-electron chi connectivity index (χ2n) is 8.86. The minimum absolute atomic E-state index is 0.0631. The fraction of sp³-hybridized carbons (Fsp3) is 0.308. The number of para-hydroxylation sites is 1. The lowest BCUT2D eigenvalue weighted by Crippen LogP contribution is -2.25. The van der Waals surface area contributed by atoms with Gasteiger partial charge in [0.2, 0.25) is 5.88 Å². The number of aromatic nitrogens is 4. The molecule has 1 aliphatic rings. The first-order chi connectivity index (χ1) is 16.5. The first-order valence-electron chi connectivity index (χ1n) is 11.4. The standard InChI is InChI=1S/C26H25FN4O3/c1-15-11-18(14-29-26(15)34-19-8-5-16(6-9-19)12-23(32)33)21-10-7-17(13-28-21)25-30-22-4-2-3-20(27)24(22)31-25/h2-4,7,10-11,13-14,16,19H,5-6,8-9,12H2,1H3,(H,30,31)(H,32,33). The summed E-state index contributed by atoms with van der Waals surface area (Å²) in [7, 11) is 0. The lowest BCUT2D eigenvalue weighted by molar-refractivity contribution is -0.138. The van der Waals surface area contributed by atoms with Gasteiger partial charge in [-0.3, -0.25) is 9.78 Å². The molecule has 0 aliphatic heterocycles. The number of fused-ring (bicyclic) bond motifs is 1. The van der Waals surface area contributed by atoms with Crippen molar-refractivity contribution in [2.24, 2.45) is 5.92 Å². The van der Waals surface area contributed by atoms with Crippen molar-refractivity contribution in [3.05, 3.63) is 60.2 Å². The van der Waals surface area contributed by atoms with Crippen LogP contribution in [0.4, 0.5) is 4.39 Å². The number of imidazole rings is 1. The molecular formula is C26H25FN4O3. The smallest absolute Gasteiger partial charge is 0.303 e. The van der Waals surface area contributed by atoms with Crippen LogP contribution in [0.5, 0.6) is 5.88 Å². The average molecular weight is 461 g/mol. The Morgan fingerprint density at radius 1 is 1.12 bits per heavy atom.